The van der Waals surface area contributed by atoms with Crippen molar-refractivity contribution in [1.29, 1.82) is 0 Å². The largest absolute Gasteiger partial charge is 0.507 e. The normalized spacial score (nSPS) is 19.3. The van der Waals surface area contributed by atoms with E-state index in [0.29, 0.717) is 33.4 Å². The zero-order valence-corrected chi connectivity index (χ0v) is 24.3. The summed E-state index contributed by atoms with van der Waals surface area (Å²) in [5, 5.41) is 20.4. The quantitative estimate of drug-likeness (QED) is 0.0913. The van der Waals surface area contributed by atoms with Crippen molar-refractivity contribution in [1.82, 2.24) is 10.2 Å². The first kappa shape index (κ1) is 27.0. The van der Waals surface area contributed by atoms with Gasteiger partial charge in [-0.05, 0) is 60.9 Å². The summed E-state index contributed by atoms with van der Waals surface area (Å²) in [6, 6.07) is 19.7. The zero-order chi connectivity index (χ0) is 28.7. The van der Waals surface area contributed by atoms with Gasteiger partial charge in [0.25, 0.3) is 5.78 Å². The highest BCUT2D eigenvalue weighted by molar-refractivity contribution is 8.00. The number of carbonyl (C=O) groups excluding carboxylic acids is 2. The molecule has 2 aliphatic rings. The molecule has 41 heavy (non-hydrogen) atoms. The van der Waals surface area contributed by atoms with Gasteiger partial charge in [0, 0.05) is 17.7 Å². The number of methoxy groups -OCH3 is 1. The minimum atomic E-state index is -0.896. The Morgan fingerprint density at radius 2 is 1.85 bits per heavy atom. The SMILES string of the molecule is COc1ccc([C@@H]2/C(=C(\O)c3ccc4c(c3)C[C@@H](C)O4)C(=O)C(=O)N2c2nnc(SCc3ccc(C)cc3)s2)cc1. The van der Waals surface area contributed by atoms with Crippen LogP contribution < -0.4 is 14.4 Å². The Kier molecular flexibility index (Phi) is 7.27. The maximum Gasteiger partial charge on any atom is 0.301 e. The Balaban J connectivity index is 1.38. The van der Waals surface area contributed by atoms with Crippen LogP contribution in [0.5, 0.6) is 11.5 Å². The highest BCUT2D eigenvalue weighted by Gasteiger charge is 2.48. The Bertz CT molecular complexity index is 1660. The molecule has 0 saturated carbocycles. The van der Waals surface area contributed by atoms with Crippen LogP contribution in [0.25, 0.3) is 5.76 Å². The van der Waals surface area contributed by atoms with Crippen molar-refractivity contribution in [3.05, 3.63) is 100 Å². The van der Waals surface area contributed by atoms with Gasteiger partial charge in [0.15, 0.2) is 4.34 Å². The molecule has 8 nitrogen and oxygen atoms in total. The van der Waals surface area contributed by atoms with Gasteiger partial charge < -0.3 is 14.6 Å². The number of amides is 1. The molecule has 3 heterocycles. The molecule has 0 bridgehead atoms. The predicted octanol–water partition coefficient (Wildman–Crippen LogP) is 6.10. The maximum absolute atomic E-state index is 13.5. The summed E-state index contributed by atoms with van der Waals surface area (Å²) in [7, 11) is 1.57. The van der Waals surface area contributed by atoms with Crippen molar-refractivity contribution < 1.29 is 24.2 Å². The second kappa shape index (κ2) is 11.0. The van der Waals surface area contributed by atoms with Gasteiger partial charge in [0.1, 0.15) is 23.4 Å². The number of nitrogens with zero attached hydrogens (tertiary/aromatic N) is 3. The van der Waals surface area contributed by atoms with Crippen LogP contribution in [0.3, 0.4) is 0 Å². The van der Waals surface area contributed by atoms with Gasteiger partial charge in [0.05, 0.1) is 18.7 Å². The number of hydrogen-bond acceptors (Lipinski definition) is 9. The Morgan fingerprint density at radius 3 is 2.59 bits per heavy atom. The standard InChI is InChI=1S/C31H27N3O5S2/c1-17-4-6-19(7-5-17)16-40-31-33-32-30(41-31)34-26(20-8-11-23(38-3)12-9-20)25(28(36)29(34)37)27(35)21-10-13-24-22(15-21)14-18(2)39-24/h4-13,15,18,26,35H,14,16H2,1-3H3/b27-25+/t18-,26-/m1/s1. The number of Topliss-reactive ketones (excluding diaryl/α,β-unsaturated/α-hetero) is 1. The van der Waals surface area contributed by atoms with Crippen LogP contribution in [0.4, 0.5) is 5.13 Å². The van der Waals surface area contributed by atoms with Gasteiger partial charge in [-0.25, -0.2) is 0 Å². The number of hydrogen-bond donors (Lipinski definition) is 1. The van der Waals surface area contributed by atoms with Crippen LogP contribution in [0.15, 0.2) is 76.6 Å². The highest BCUT2D eigenvalue weighted by Crippen LogP contribution is 2.45. The number of thioether (sulfide) groups is 1. The molecule has 0 spiro atoms. The number of rotatable bonds is 7. The van der Waals surface area contributed by atoms with Crippen LogP contribution in [-0.4, -0.2) is 40.2 Å². The molecule has 0 unspecified atom stereocenters. The average molecular weight is 586 g/mol. The third kappa shape index (κ3) is 5.20. The first-order valence-corrected chi connectivity index (χ1v) is 14.9. The molecule has 6 rings (SSSR count). The summed E-state index contributed by atoms with van der Waals surface area (Å²) in [6.45, 7) is 4.02. The van der Waals surface area contributed by atoms with Crippen LogP contribution in [0.1, 0.15) is 40.8 Å². The Labute approximate surface area is 245 Å². The number of aryl methyl sites for hydroxylation is 1. The molecular formula is C31H27N3O5S2. The van der Waals surface area contributed by atoms with Crippen molar-refractivity contribution in [3.63, 3.8) is 0 Å². The van der Waals surface area contributed by atoms with Crippen molar-refractivity contribution in [3.8, 4) is 11.5 Å². The van der Waals surface area contributed by atoms with Crippen LogP contribution >= 0.6 is 23.1 Å². The molecule has 2 atom stereocenters. The molecular weight excluding hydrogens is 558 g/mol. The van der Waals surface area contributed by atoms with E-state index in [1.807, 2.05) is 19.9 Å². The molecule has 208 valence electrons. The highest BCUT2D eigenvalue weighted by atomic mass is 32.2. The summed E-state index contributed by atoms with van der Waals surface area (Å²) in [5.41, 5.74) is 4.35. The molecule has 2 aliphatic heterocycles. The lowest BCUT2D eigenvalue weighted by atomic mass is 9.94. The average Bonchev–Trinajstić information content (AvgIpc) is 3.67. The van der Waals surface area contributed by atoms with E-state index in [0.717, 1.165) is 16.9 Å². The van der Waals surface area contributed by atoms with E-state index in [1.54, 1.807) is 43.5 Å². The van der Waals surface area contributed by atoms with E-state index < -0.39 is 17.7 Å². The second-order valence-electron chi connectivity index (χ2n) is 10.0. The van der Waals surface area contributed by atoms with Gasteiger partial charge >= 0.3 is 5.91 Å². The lowest BCUT2D eigenvalue weighted by Crippen LogP contribution is -2.29. The Morgan fingerprint density at radius 1 is 1.10 bits per heavy atom. The number of fused-ring (bicyclic) bond motifs is 1. The molecule has 4 aromatic rings. The number of ketones is 1. The van der Waals surface area contributed by atoms with E-state index in [9.17, 15) is 14.7 Å². The first-order valence-electron chi connectivity index (χ1n) is 13.1. The topological polar surface area (TPSA) is 102 Å². The first-order chi connectivity index (χ1) is 19.8. The number of ether oxygens (including phenoxy) is 2. The van der Waals surface area contributed by atoms with Gasteiger partial charge in [0.2, 0.25) is 5.13 Å². The molecule has 1 N–H and O–H groups in total. The van der Waals surface area contributed by atoms with E-state index >= 15 is 0 Å². The van der Waals surface area contributed by atoms with Crippen LogP contribution in [0, 0.1) is 6.92 Å². The monoisotopic (exact) mass is 585 g/mol. The minimum Gasteiger partial charge on any atom is -0.507 e. The van der Waals surface area contributed by atoms with Crippen molar-refractivity contribution >= 4 is 45.7 Å². The fraction of sp³-hybridized carbons (Fsp3) is 0.226. The Hall–Kier alpha value is -4.15. The van der Waals surface area contributed by atoms with Gasteiger partial charge in [-0.15, -0.1) is 10.2 Å². The number of carbonyl (C=O) groups is 2. The second-order valence-corrected chi connectivity index (χ2v) is 12.2. The minimum absolute atomic E-state index is 0.00357. The van der Waals surface area contributed by atoms with Crippen molar-refractivity contribution in [2.45, 2.75) is 42.5 Å². The zero-order valence-electron chi connectivity index (χ0n) is 22.7. The van der Waals surface area contributed by atoms with Crippen molar-refractivity contribution in [2.24, 2.45) is 0 Å². The van der Waals surface area contributed by atoms with E-state index in [2.05, 4.69) is 34.5 Å². The fourth-order valence-electron chi connectivity index (χ4n) is 5.04. The molecule has 0 aliphatic carbocycles. The maximum atomic E-state index is 13.5. The van der Waals surface area contributed by atoms with Gasteiger partial charge in [-0.3, -0.25) is 14.5 Å². The summed E-state index contributed by atoms with van der Waals surface area (Å²) in [5.74, 6) is 0.285. The summed E-state index contributed by atoms with van der Waals surface area (Å²) < 4.78 is 11.8. The van der Waals surface area contributed by atoms with E-state index in [4.69, 9.17) is 9.47 Å². The van der Waals surface area contributed by atoms with Crippen LogP contribution in [0.2, 0.25) is 0 Å². The molecule has 1 aromatic heterocycles. The fourth-order valence-corrected chi connectivity index (χ4v) is 6.87. The molecule has 3 aromatic carbocycles. The smallest absolute Gasteiger partial charge is 0.301 e. The third-order valence-corrected chi connectivity index (χ3v) is 9.26. The summed E-state index contributed by atoms with van der Waals surface area (Å²) in [4.78, 5) is 28.4. The molecule has 1 amide bonds. The number of aliphatic hydroxyl groups is 1. The lowest BCUT2D eigenvalue weighted by Gasteiger charge is -2.22. The van der Waals surface area contributed by atoms with Crippen molar-refractivity contribution in [2.75, 3.05) is 12.0 Å². The summed E-state index contributed by atoms with van der Waals surface area (Å²) in [6.07, 6.45) is 0.725. The number of aromatic nitrogens is 2. The lowest BCUT2D eigenvalue weighted by molar-refractivity contribution is -0.132. The van der Waals surface area contributed by atoms with Gasteiger partial charge in [-0.1, -0.05) is 65.1 Å². The van der Waals surface area contributed by atoms with E-state index in [1.165, 1.54) is 33.6 Å². The molecule has 0 radical (unpaired) electrons. The summed E-state index contributed by atoms with van der Waals surface area (Å²) >= 11 is 2.75. The molecule has 10 heteroatoms. The predicted molar refractivity (Wildman–Crippen MR) is 159 cm³/mol. The molecule has 1 fully saturated rings. The third-order valence-electron chi connectivity index (χ3n) is 7.13. The van der Waals surface area contributed by atoms with E-state index in [-0.39, 0.29) is 22.6 Å². The van der Waals surface area contributed by atoms with Gasteiger partial charge in [-0.2, -0.15) is 0 Å². The van der Waals surface area contributed by atoms with Crippen LogP contribution in [-0.2, 0) is 21.8 Å². The number of benzene rings is 3. The molecule has 1 saturated heterocycles. The number of anilines is 1. The number of aliphatic hydroxyl groups excluding tert-OH is 1.